The fourth-order valence-electron chi connectivity index (χ4n) is 10.3. The normalized spacial score (nSPS) is 21.0. The number of ether oxygens (including phenoxy) is 2. The van der Waals surface area contributed by atoms with Crippen LogP contribution in [0.4, 0.5) is 17.6 Å². The van der Waals surface area contributed by atoms with Crippen molar-refractivity contribution in [1.29, 1.82) is 0 Å². The molecule has 378 valence electrons. The highest BCUT2D eigenvalue weighted by molar-refractivity contribution is 5.84. The van der Waals surface area contributed by atoms with Gasteiger partial charge in [-0.05, 0) is 135 Å². The number of aromatic nitrogens is 2. The molecule has 2 amide bonds. The Kier molecular flexibility index (Phi) is 16.8. The van der Waals surface area contributed by atoms with Gasteiger partial charge >= 0.3 is 0 Å². The van der Waals surface area contributed by atoms with Crippen molar-refractivity contribution in [2.24, 2.45) is 11.8 Å². The first-order valence-electron chi connectivity index (χ1n) is 25.1. The highest BCUT2D eigenvalue weighted by atomic mass is 19.1. The van der Waals surface area contributed by atoms with Crippen molar-refractivity contribution in [2.45, 2.75) is 151 Å². The molecule has 70 heavy (non-hydrogen) atoms. The first-order valence-corrected chi connectivity index (χ1v) is 25.1. The summed E-state index contributed by atoms with van der Waals surface area (Å²) in [4.78, 5) is 36.7. The molecular weight excluding hydrogens is 905 g/mol. The number of carbonyl (C=O) groups is 2. The summed E-state index contributed by atoms with van der Waals surface area (Å²) >= 11 is 0. The largest absolute Gasteiger partial charge is 0.471 e. The second kappa shape index (κ2) is 22.9. The third-order valence-corrected chi connectivity index (χ3v) is 14.7. The molecule has 6 N–H and O–H groups in total. The maximum Gasteiger partial charge on any atom is 0.220 e. The molecule has 2 aromatic heterocycles. The fraction of sp³-hybridized carbons (Fsp3) is 0.556. The van der Waals surface area contributed by atoms with E-state index in [4.69, 9.17) is 9.47 Å². The molecule has 2 fully saturated rings. The molecule has 0 bridgehead atoms. The van der Waals surface area contributed by atoms with Crippen LogP contribution in [0.2, 0.25) is 0 Å². The van der Waals surface area contributed by atoms with Crippen LogP contribution in [0.15, 0.2) is 73.1 Å². The Morgan fingerprint density at radius 3 is 1.36 bits per heavy atom. The molecule has 4 heterocycles. The molecule has 0 unspecified atom stereocenters. The number of nitrogens with one attached hydrogen (secondary N) is 4. The number of pyridine rings is 2. The summed E-state index contributed by atoms with van der Waals surface area (Å²) in [5.74, 6) is -1.12. The highest BCUT2D eigenvalue weighted by Crippen LogP contribution is 2.49. The van der Waals surface area contributed by atoms with E-state index in [0.717, 1.165) is 60.8 Å². The summed E-state index contributed by atoms with van der Waals surface area (Å²) < 4.78 is 67.6. The van der Waals surface area contributed by atoms with Crippen LogP contribution in [0.3, 0.4) is 0 Å². The number of halogens is 4. The minimum Gasteiger partial charge on any atom is -0.471 e. The van der Waals surface area contributed by atoms with Crippen LogP contribution in [-0.2, 0) is 35.3 Å². The van der Waals surface area contributed by atoms with Gasteiger partial charge in [-0.15, -0.1) is 0 Å². The van der Waals surface area contributed by atoms with E-state index in [9.17, 15) is 37.4 Å². The molecule has 4 aliphatic rings. The van der Waals surface area contributed by atoms with E-state index in [-0.39, 0.29) is 73.9 Å². The predicted octanol–water partition coefficient (Wildman–Crippen LogP) is 7.38. The van der Waals surface area contributed by atoms with Crippen molar-refractivity contribution in [2.75, 3.05) is 26.4 Å². The molecule has 2 aliphatic carbocycles. The zero-order valence-corrected chi connectivity index (χ0v) is 40.2. The van der Waals surface area contributed by atoms with Gasteiger partial charge < -0.3 is 41.0 Å². The lowest BCUT2D eigenvalue weighted by atomic mass is 9.73. The number of hydrogen-bond acceptors (Lipinski definition) is 10. The van der Waals surface area contributed by atoms with Gasteiger partial charge in [0, 0.05) is 74.4 Å². The van der Waals surface area contributed by atoms with E-state index >= 15 is 0 Å². The van der Waals surface area contributed by atoms with Crippen molar-refractivity contribution in [1.82, 2.24) is 31.2 Å². The lowest BCUT2D eigenvalue weighted by Crippen LogP contribution is -2.53. The molecule has 16 heteroatoms. The Hall–Kier alpha value is -5.16. The average Bonchev–Trinajstić information content (AvgIpc) is 3.33. The first kappa shape index (κ1) is 51.2. The van der Waals surface area contributed by atoms with Gasteiger partial charge in [-0.2, -0.15) is 0 Å². The second-order valence-corrected chi connectivity index (χ2v) is 20.7. The van der Waals surface area contributed by atoms with Gasteiger partial charge in [0.2, 0.25) is 23.6 Å². The number of amides is 2. The monoisotopic (exact) mass is 973 g/mol. The average molecular weight is 973 g/mol. The SMILES string of the molecule is C[C@H](CF)Cc1cnc2c(c1)[C@@H](NC[C@H](O)[C@H](Cc1ccc(F)cc1)NC(=O)CCC(=O)N[C@@H](Cc1ccc(F)cc1)[C@@H](O)CN[C@H]1CC3(CCC3)Oc3ncc(C[C@@H](C)CF)cc31)CC1(CCC1)O2. The molecule has 2 saturated carbocycles. The predicted molar refractivity (Wildman–Crippen MR) is 257 cm³/mol. The molecule has 12 nitrogen and oxygen atoms in total. The maximum absolute atomic E-state index is 13.9. The van der Waals surface area contributed by atoms with Gasteiger partial charge in [-0.1, -0.05) is 38.1 Å². The van der Waals surface area contributed by atoms with Crippen molar-refractivity contribution >= 4 is 11.8 Å². The van der Waals surface area contributed by atoms with Crippen LogP contribution in [0.25, 0.3) is 0 Å². The number of fused-ring (bicyclic) bond motifs is 2. The van der Waals surface area contributed by atoms with Crippen LogP contribution >= 0.6 is 0 Å². The van der Waals surface area contributed by atoms with E-state index in [1.165, 1.54) is 24.3 Å². The van der Waals surface area contributed by atoms with E-state index in [2.05, 4.69) is 31.2 Å². The summed E-state index contributed by atoms with van der Waals surface area (Å²) in [6.07, 6.45) is 9.04. The molecule has 2 aromatic carbocycles. The Bertz CT molecular complexity index is 2220. The first-order chi connectivity index (χ1) is 33.7. The summed E-state index contributed by atoms with van der Waals surface area (Å²) in [7, 11) is 0. The van der Waals surface area contributed by atoms with Gasteiger partial charge in [0.05, 0.1) is 37.6 Å². The molecule has 0 radical (unpaired) electrons. The number of aliphatic hydroxyl groups excluding tert-OH is 2. The summed E-state index contributed by atoms with van der Waals surface area (Å²) in [6.45, 7) is 2.93. The zero-order valence-electron chi connectivity index (χ0n) is 40.2. The Balaban J connectivity index is 0.915. The van der Waals surface area contributed by atoms with Crippen molar-refractivity contribution in [3.8, 4) is 11.8 Å². The molecule has 8 rings (SSSR count). The molecule has 2 spiro atoms. The van der Waals surface area contributed by atoms with Crippen LogP contribution in [-0.4, -0.2) is 93.9 Å². The number of carbonyl (C=O) groups excluding carboxylic acids is 2. The number of hydrogen-bond donors (Lipinski definition) is 6. The van der Waals surface area contributed by atoms with Gasteiger partial charge in [0.15, 0.2) is 0 Å². The summed E-state index contributed by atoms with van der Waals surface area (Å²) in [6, 6.07) is 13.5. The minimum atomic E-state index is -1.11. The standard InChI is InChI=1S/C54H68F4N6O6/c1-33(27-55)19-37-21-41-45(25-53(15-3-16-53)69-51(41)61-29-37)59-31-47(65)43(23-35-5-9-39(57)10-6-35)63-49(67)13-14-50(68)64-44(24-36-7-11-40(58)12-8-36)48(66)32-60-46-26-54(17-4-18-54)70-52-42(46)22-38(30-62-52)20-34(2)28-56/h5-12,21-22,29-30,33-34,43-48,59-60,65-66H,3-4,13-20,23-28,31-32H2,1-2H3,(H,63,67)(H,64,68)/t33-,34+,43-,44-,45-,46-,47-,48-/m0/s1. The van der Waals surface area contributed by atoms with Crippen molar-refractivity contribution in [3.05, 3.63) is 118 Å². The lowest BCUT2D eigenvalue weighted by Gasteiger charge is -2.47. The number of alkyl halides is 2. The van der Waals surface area contributed by atoms with Gasteiger partial charge in [0.25, 0.3) is 0 Å². The Morgan fingerprint density at radius 2 is 1.01 bits per heavy atom. The van der Waals surface area contributed by atoms with Crippen molar-refractivity contribution in [3.63, 3.8) is 0 Å². The van der Waals surface area contributed by atoms with E-state index in [1.807, 2.05) is 26.0 Å². The number of benzene rings is 2. The van der Waals surface area contributed by atoms with Gasteiger partial charge in [-0.3, -0.25) is 18.4 Å². The van der Waals surface area contributed by atoms with E-state index in [0.29, 0.717) is 48.6 Å². The second-order valence-electron chi connectivity index (χ2n) is 20.7. The third-order valence-electron chi connectivity index (χ3n) is 14.7. The van der Waals surface area contributed by atoms with Crippen LogP contribution in [0.5, 0.6) is 11.8 Å². The molecular formula is C54H68F4N6O6. The number of rotatable bonds is 23. The molecule has 8 atom stereocenters. The Labute approximate surface area is 408 Å². The fourth-order valence-corrected chi connectivity index (χ4v) is 10.3. The van der Waals surface area contributed by atoms with Gasteiger partial charge in [0.1, 0.15) is 22.8 Å². The van der Waals surface area contributed by atoms with Crippen LogP contribution < -0.4 is 30.7 Å². The number of nitrogens with zero attached hydrogens (tertiary/aromatic N) is 2. The highest BCUT2D eigenvalue weighted by Gasteiger charge is 2.48. The lowest BCUT2D eigenvalue weighted by molar-refractivity contribution is -0.128. The summed E-state index contributed by atoms with van der Waals surface area (Å²) in [5.41, 5.74) is 4.09. The molecule has 4 aromatic rings. The number of aliphatic hydroxyl groups is 2. The molecule has 0 saturated heterocycles. The topological polar surface area (TPSA) is 167 Å². The molecule has 2 aliphatic heterocycles. The zero-order chi connectivity index (χ0) is 49.4. The maximum atomic E-state index is 13.9. The van der Waals surface area contributed by atoms with Gasteiger partial charge in [-0.25, -0.2) is 18.7 Å². The summed E-state index contributed by atoms with van der Waals surface area (Å²) in [5, 5.41) is 36.5. The minimum absolute atomic E-state index is 0.0748. The van der Waals surface area contributed by atoms with Crippen LogP contribution in [0.1, 0.15) is 124 Å². The van der Waals surface area contributed by atoms with E-state index < -0.39 is 61.1 Å². The smallest absolute Gasteiger partial charge is 0.220 e. The Morgan fingerprint density at radius 1 is 0.629 bits per heavy atom. The van der Waals surface area contributed by atoms with E-state index in [1.54, 1.807) is 36.7 Å². The third kappa shape index (κ3) is 13.0. The van der Waals surface area contributed by atoms with Crippen LogP contribution in [0, 0.1) is 23.5 Å². The quantitative estimate of drug-likeness (QED) is 0.0413. The van der Waals surface area contributed by atoms with Crippen molar-refractivity contribution < 1.29 is 46.8 Å².